The highest BCUT2D eigenvalue weighted by atomic mass is 16.5. The molecule has 0 aliphatic heterocycles. The Morgan fingerprint density at radius 3 is 1.96 bits per heavy atom. The Balaban J connectivity index is 1.72. The van der Waals surface area contributed by atoms with E-state index in [-0.39, 0.29) is 11.8 Å². The molecule has 0 unspecified atom stereocenters. The summed E-state index contributed by atoms with van der Waals surface area (Å²) in [5, 5.41) is 3.09. The molecular weight excluding hydrogens is 322 g/mol. The van der Waals surface area contributed by atoms with E-state index in [4.69, 9.17) is 4.74 Å². The van der Waals surface area contributed by atoms with Crippen molar-refractivity contribution in [3.8, 4) is 5.75 Å². The van der Waals surface area contributed by atoms with Gasteiger partial charge in [0.05, 0.1) is 13.0 Å². The second kappa shape index (κ2) is 8.86. The van der Waals surface area contributed by atoms with Gasteiger partial charge in [-0.1, -0.05) is 78.9 Å². The van der Waals surface area contributed by atoms with Crippen LogP contribution < -0.4 is 10.1 Å². The fourth-order valence-corrected chi connectivity index (χ4v) is 3.12. The molecule has 1 amide bonds. The van der Waals surface area contributed by atoms with Crippen molar-refractivity contribution in [2.24, 2.45) is 0 Å². The number of benzene rings is 3. The molecule has 3 heteroatoms. The van der Waals surface area contributed by atoms with Crippen LogP contribution in [0.3, 0.4) is 0 Å². The minimum atomic E-state index is -0.310. The van der Waals surface area contributed by atoms with Gasteiger partial charge in [0.2, 0.25) is 5.91 Å². The van der Waals surface area contributed by atoms with Gasteiger partial charge in [0.25, 0.3) is 0 Å². The molecule has 3 nitrogen and oxygen atoms in total. The molecule has 0 aromatic heterocycles. The van der Waals surface area contributed by atoms with Crippen molar-refractivity contribution in [3.05, 3.63) is 102 Å². The molecule has 3 aromatic carbocycles. The van der Waals surface area contributed by atoms with Crippen molar-refractivity contribution in [3.63, 3.8) is 0 Å². The Kier molecular flexibility index (Phi) is 6.05. The Hall–Kier alpha value is -3.07. The van der Waals surface area contributed by atoms with E-state index in [9.17, 15) is 4.79 Å². The maximum absolute atomic E-state index is 12.9. The summed E-state index contributed by atoms with van der Waals surface area (Å²) in [5.41, 5.74) is 3.08. The highest BCUT2D eigenvalue weighted by Crippen LogP contribution is 2.25. The number of carbonyl (C=O) groups excluding carboxylic acids is 1. The summed E-state index contributed by atoms with van der Waals surface area (Å²) in [4.78, 5) is 12.9. The molecule has 1 N–H and O–H groups in total. The van der Waals surface area contributed by atoms with Crippen LogP contribution in [0, 0.1) is 0 Å². The van der Waals surface area contributed by atoms with Gasteiger partial charge in [0.15, 0.2) is 0 Å². The number of hydrogen-bond donors (Lipinski definition) is 1. The Morgan fingerprint density at radius 1 is 0.846 bits per heavy atom. The molecule has 0 radical (unpaired) electrons. The normalized spacial score (nSPS) is 10.5. The molecule has 0 fully saturated rings. The molecule has 26 heavy (non-hydrogen) atoms. The van der Waals surface area contributed by atoms with Crippen molar-refractivity contribution in [2.45, 2.75) is 12.3 Å². The molecule has 0 aliphatic rings. The SMILES string of the molecule is COc1ccccc1CCNC(=O)C(c1ccccc1)c1ccccc1. The van der Waals surface area contributed by atoms with Gasteiger partial charge in [-0.3, -0.25) is 4.79 Å². The van der Waals surface area contributed by atoms with Gasteiger partial charge in [-0.15, -0.1) is 0 Å². The Labute approximate surface area is 154 Å². The first kappa shape index (κ1) is 17.7. The van der Waals surface area contributed by atoms with Crippen LogP contribution in [0.15, 0.2) is 84.9 Å². The molecule has 3 aromatic rings. The van der Waals surface area contributed by atoms with Gasteiger partial charge in [-0.25, -0.2) is 0 Å². The average Bonchev–Trinajstić information content (AvgIpc) is 2.70. The van der Waals surface area contributed by atoms with Crippen LogP contribution in [0.25, 0.3) is 0 Å². The van der Waals surface area contributed by atoms with Crippen LogP contribution in [0.2, 0.25) is 0 Å². The Bertz CT molecular complexity index is 792. The third-order valence-electron chi connectivity index (χ3n) is 4.41. The number of methoxy groups -OCH3 is 1. The predicted molar refractivity (Wildman–Crippen MR) is 104 cm³/mol. The van der Waals surface area contributed by atoms with E-state index in [0.717, 1.165) is 28.9 Å². The fourth-order valence-electron chi connectivity index (χ4n) is 3.12. The first-order valence-corrected chi connectivity index (χ1v) is 8.79. The number of carbonyl (C=O) groups is 1. The molecule has 132 valence electrons. The third kappa shape index (κ3) is 4.31. The number of nitrogens with one attached hydrogen (secondary N) is 1. The summed E-state index contributed by atoms with van der Waals surface area (Å²) < 4.78 is 5.38. The molecule has 0 aliphatic carbocycles. The monoisotopic (exact) mass is 345 g/mol. The smallest absolute Gasteiger partial charge is 0.232 e. The molecule has 3 rings (SSSR count). The van der Waals surface area contributed by atoms with E-state index in [1.54, 1.807) is 7.11 Å². The second-order valence-electron chi connectivity index (χ2n) is 6.11. The molecule has 0 saturated heterocycles. The van der Waals surface area contributed by atoms with Gasteiger partial charge < -0.3 is 10.1 Å². The van der Waals surface area contributed by atoms with Crippen molar-refractivity contribution in [2.75, 3.05) is 13.7 Å². The topological polar surface area (TPSA) is 38.3 Å². The number of para-hydroxylation sites is 1. The average molecular weight is 345 g/mol. The number of amides is 1. The van der Waals surface area contributed by atoms with Gasteiger partial charge >= 0.3 is 0 Å². The van der Waals surface area contributed by atoms with Gasteiger partial charge in [0.1, 0.15) is 5.75 Å². The maximum atomic E-state index is 12.9. The van der Waals surface area contributed by atoms with Crippen LogP contribution in [-0.4, -0.2) is 19.6 Å². The van der Waals surface area contributed by atoms with E-state index in [2.05, 4.69) is 5.32 Å². The van der Waals surface area contributed by atoms with E-state index >= 15 is 0 Å². The molecular formula is C23H23NO2. The quantitative estimate of drug-likeness (QED) is 0.697. The summed E-state index contributed by atoms with van der Waals surface area (Å²) in [6, 6.07) is 27.7. The van der Waals surface area contributed by atoms with Crippen LogP contribution in [0.4, 0.5) is 0 Å². The van der Waals surface area contributed by atoms with Gasteiger partial charge in [-0.05, 0) is 29.2 Å². The van der Waals surface area contributed by atoms with Crippen molar-refractivity contribution in [1.82, 2.24) is 5.32 Å². The lowest BCUT2D eigenvalue weighted by Crippen LogP contribution is -2.31. The third-order valence-corrected chi connectivity index (χ3v) is 4.41. The molecule has 0 spiro atoms. The second-order valence-corrected chi connectivity index (χ2v) is 6.11. The summed E-state index contributed by atoms with van der Waals surface area (Å²) >= 11 is 0. The van der Waals surface area contributed by atoms with E-state index in [1.165, 1.54) is 0 Å². The largest absolute Gasteiger partial charge is 0.496 e. The maximum Gasteiger partial charge on any atom is 0.232 e. The van der Waals surface area contributed by atoms with Crippen LogP contribution >= 0.6 is 0 Å². The van der Waals surface area contributed by atoms with Gasteiger partial charge in [0, 0.05) is 6.54 Å². The molecule has 0 saturated carbocycles. The van der Waals surface area contributed by atoms with Crippen LogP contribution in [0.1, 0.15) is 22.6 Å². The zero-order valence-electron chi connectivity index (χ0n) is 14.9. The highest BCUT2D eigenvalue weighted by Gasteiger charge is 2.22. The summed E-state index contributed by atoms with van der Waals surface area (Å²) in [6.07, 6.45) is 0.728. The standard InChI is InChI=1S/C23H23NO2/c1-26-21-15-9-8-10-18(21)16-17-24-23(25)22(19-11-4-2-5-12-19)20-13-6-3-7-14-20/h2-15,22H,16-17H2,1H3,(H,24,25). The lowest BCUT2D eigenvalue weighted by Gasteiger charge is -2.18. The first-order valence-electron chi connectivity index (χ1n) is 8.79. The van der Waals surface area contributed by atoms with Crippen molar-refractivity contribution in [1.29, 1.82) is 0 Å². The van der Waals surface area contributed by atoms with E-state index in [0.29, 0.717) is 6.54 Å². The fraction of sp³-hybridized carbons (Fsp3) is 0.174. The predicted octanol–water partition coefficient (Wildman–Crippen LogP) is 4.19. The summed E-state index contributed by atoms with van der Waals surface area (Å²) in [7, 11) is 1.66. The minimum Gasteiger partial charge on any atom is -0.496 e. The van der Waals surface area contributed by atoms with Gasteiger partial charge in [-0.2, -0.15) is 0 Å². The summed E-state index contributed by atoms with van der Waals surface area (Å²) in [5.74, 6) is 0.553. The first-order chi connectivity index (χ1) is 12.8. The summed E-state index contributed by atoms with van der Waals surface area (Å²) in [6.45, 7) is 0.565. The zero-order valence-corrected chi connectivity index (χ0v) is 14.9. The number of ether oxygens (including phenoxy) is 1. The molecule has 0 atom stereocenters. The van der Waals surface area contributed by atoms with Crippen LogP contribution in [-0.2, 0) is 11.2 Å². The Morgan fingerprint density at radius 2 is 1.38 bits per heavy atom. The van der Waals surface area contributed by atoms with Crippen molar-refractivity contribution < 1.29 is 9.53 Å². The van der Waals surface area contributed by atoms with E-state index < -0.39 is 0 Å². The van der Waals surface area contributed by atoms with E-state index in [1.807, 2.05) is 84.9 Å². The molecule has 0 heterocycles. The zero-order chi connectivity index (χ0) is 18.2. The highest BCUT2D eigenvalue weighted by molar-refractivity contribution is 5.87. The number of rotatable bonds is 7. The lowest BCUT2D eigenvalue weighted by molar-refractivity contribution is -0.121. The van der Waals surface area contributed by atoms with Crippen molar-refractivity contribution >= 4 is 5.91 Å². The minimum absolute atomic E-state index is 0.0114. The van der Waals surface area contributed by atoms with Crippen LogP contribution in [0.5, 0.6) is 5.75 Å². The number of hydrogen-bond acceptors (Lipinski definition) is 2. The lowest BCUT2D eigenvalue weighted by atomic mass is 9.90. The molecule has 0 bridgehead atoms.